The normalized spacial score (nSPS) is 15.9. The van der Waals surface area contributed by atoms with Gasteiger partial charge in [-0.15, -0.1) is 11.3 Å². The van der Waals surface area contributed by atoms with E-state index in [0.29, 0.717) is 28.0 Å². The maximum absolute atomic E-state index is 12.5. The predicted molar refractivity (Wildman–Crippen MR) is 103 cm³/mol. The summed E-state index contributed by atoms with van der Waals surface area (Å²) in [7, 11) is 3.14. The molecule has 26 heavy (non-hydrogen) atoms. The second kappa shape index (κ2) is 7.91. The van der Waals surface area contributed by atoms with Crippen LogP contribution in [0, 0.1) is 5.92 Å². The molecule has 1 unspecified atom stereocenters. The van der Waals surface area contributed by atoms with Crippen molar-refractivity contribution < 1.29 is 19.1 Å². The Bertz CT molecular complexity index is 827. The first-order chi connectivity index (χ1) is 12.5. The van der Waals surface area contributed by atoms with Gasteiger partial charge in [0.05, 0.1) is 26.2 Å². The molecule has 1 N–H and O–H groups in total. The number of amides is 1. The summed E-state index contributed by atoms with van der Waals surface area (Å²) in [4.78, 5) is 25.3. The van der Waals surface area contributed by atoms with Crippen molar-refractivity contribution in [3.63, 3.8) is 0 Å². The molecule has 1 aliphatic carbocycles. The number of anilines is 1. The molecule has 5 nitrogen and oxygen atoms in total. The van der Waals surface area contributed by atoms with E-state index in [4.69, 9.17) is 9.47 Å². The van der Waals surface area contributed by atoms with Crippen molar-refractivity contribution >= 4 is 28.5 Å². The van der Waals surface area contributed by atoms with E-state index in [1.807, 2.05) is 6.07 Å². The monoisotopic (exact) mass is 373 g/mol. The summed E-state index contributed by atoms with van der Waals surface area (Å²) in [6.07, 6.45) is 4.05. The first-order valence-electron chi connectivity index (χ1n) is 8.66. The topological polar surface area (TPSA) is 64.6 Å². The molecule has 0 saturated heterocycles. The van der Waals surface area contributed by atoms with Crippen molar-refractivity contribution in [3.05, 3.63) is 39.8 Å². The van der Waals surface area contributed by atoms with Gasteiger partial charge in [-0.2, -0.15) is 0 Å². The van der Waals surface area contributed by atoms with Crippen LogP contribution in [0.5, 0.6) is 11.5 Å². The molecule has 1 aromatic heterocycles. The van der Waals surface area contributed by atoms with Crippen molar-refractivity contribution in [1.82, 2.24) is 0 Å². The van der Waals surface area contributed by atoms with Gasteiger partial charge in [0.1, 0.15) is 5.00 Å². The molecule has 0 aliphatic heterocycles. The van der Waals surface area contributed by atoms with Crippen LogP contribution >= 0.6 is 11.3 Å². The Kier molecular flexibility index (Phi) is 5.61. The maximum Gasteiger partial charge on any atom is 0.229 e. The molecule has 6 heteroatoms. The summed E-state index contributed by atoms with van der Waals surface area (Å²) < 4.78 is 10.5. The first-order valence-corrected chi connectivity index (χ1v) is 9.47. The number of benzene rings is 1. The van der Waals surface area contributed by atoms with E-state index >= 15 is 0 Å². The van der Waals surface area contributed by atoms with Crippen molar-refractivity contribution in [2.45, 2.75) is 32.6 Å². The summed E-state index contributed by atoms with van der Waals surface area (Å²) in [5, 5.41) is 3.60. The number of aldehydes is 1. The fourth-order valence-electron chi connectivity index (χ4n) is 3.34. The van der Waals surface area contributed by atoms with E-state index < -0.39 is 0 Å². The first kappa shape index (κ1) is 18.5. The molecular weight excluding hydrogens is 350 g/mol. The van der Waals surface area contributed by atoms with Crippen molar-refractivity contribution in [2.75, 3.05) is 19.5 Å². The highest BCUT2D eigenvalue weighted by Gasteiger charge is 2.24. The number of nitrogens with one attached hydrogen (secondary N) is 1. The standard InChI is InChI=1S/C20H23NO4S/c1-12-4-6-14-15(11-22)20(26-18(14)8-12)21-19(23)10-13-5-7-16(24-2)17(9-13)25-3/h5,7,9,11-12H,4,6,8,10H2,1-3H3,(H,21,23). The Morgan fingerprint density at radius 2 is 2.08 bits per heavy atom. The van der Waals surface area contributed by atoms with E-state index in [9.17, 15) is 9.59 Å². The molecule has 0 bridgehead atoms. The Morgan fingerprint density at radius 3 is 2.77 bits per heavy atom. The number of ether oxygens (including phenoxy) is 2. The van der Waals surface area contributed by atoms with Crippen LogP contribution in [0.4, 0.5) is 5.00 Å². The second-order valence-electron chi connectivity index (χ2n) is 6.63. The lowest BCUT2D eigenvalue weighted by Gasteiger charge is -2.17. The minimum atomic E-state index is -0.146. The lowest BCUT2D eigenvalue weighted by molar-refractivity contribution is -0.115. The van der Waals surface area contributed by atoms with Gasteiger partial charge in [0, 0.05) is 4.88 Å². The molecule has 1 aliphatic rings. The van der Waals surface area contributed by atoms with Crippen LogP contribution in [0.25, 0.3) is 0 Å². The smallest absolute Gasteiger partial charge is 0.229 e. The average molecular weight is 373 g/mol. The van der Waals surface area contributed by atoms with Gasteiger partial charge in [-0.1, -0.05) is 13.0 Å². The van der Waals surface area contributed by atoms with Gasteiger partial charge < -0.3 is 14.8 Å². The van der Waals surface area contributed by atoms with E-state index in [2.05, 4.69) is 12.2 Å². The summed E-state index contributed by atoms with van der Waals surface area (Å²) in [5.41, 5.74) is 2.59. The van der Waals surface area contributed by atoms with Crippen LogP contribution in [0.1, 0.15) is 39.7 Å². The zero-order valence-corrected chi connectivity index (χ0v) is 16.1. The zero-order valence-electron chi connectivity index (χ0n) is 15.3. The van der Waals surface area contributed by atoms with Gasteiger partial charge in [0.15, 0.2) is 17.8 Å². The van der Waals surface area contributed by atoms with Crippen LogP contribution in [0.15, 0.2) is 18.2 Å². The van der Waals surface area contributed by atoms with Crippen LogP contribution in [0.2, 0.25) is 0 Å². The SMILES string of the molecule is COc1ccc(CC(=O)Nc2sc3c(c2C=O)CCC(C)C3)cc1OC. The maximum atomic E-state index is 12.5. The number of hydrogen-bond donors (Lipinski definition) is 1. The number of carbonyl (C=O) groups is 2. The molecule has 1 atom stereocenters. The van der Waals surface area contributed by atoms with Crippen LogP contribution in [-0.2, 0) is 24.1 Å². The van der Waals surface area contributed by atoms with Crippen LogP contribution in [0.3, 0.4) is 0 Å². The van der Waals surface area contributed by atoms with E-state index in [1.165, 1.54) is 16.2 Å². The van der Waals surface area contributed by atoms with Gasteiger partial charge >= 0.3 is 0 Å². The highest BCUT2D eigenvalue weighted by atomic mass is 32.1. The number of carbonyl (C=O) groups excluding carboxylic acids is 2. The Labute approximate surface area is 157 Å². The lowest BCUT2D eigenvalue weighted by Crippen LogP contribution is -2.15. The lowest BCUT2D eigenvalue weighted by atomic mass is 9.88. The van der Waals surface area contributed by atoms with E-state index in [1.54, 1.807) is 26.4 Å². The van der Waals surface area contributed by atoms with E-state index in [0.717, 1.165) is 36.7 Å². The van der Waals surface area contributed by atoms with E-state index in [-0.39, 0.29) is 12.3 Å². The fourth-order valence-corrected chi connectivity index (χ4v) is 4.74. The Morgan fingerprint density at radius 1 is 1.31 bits per heavy atom. The third kappa shape index (κ3) is 3.75. The quantitative estimate of drug-likeness (QED) is 0.781. The second-order valence-corrected chi connectivity index (χ2v) is 7.73. The third-order valence-electron chi connectivity index (χ3n) is 4.74. The highest BCUT2D eigenvalue weighted by molar-refractivity contribution is 7.16. The van der Waals surface area contributed by atoms with Crippen LogP contribution in [-0.4, -0.2) is 26.4 Å². The molecule has 1 heterocycles. The fraction of sp³-hybridized carbons (Fsp3) is 0.400. The zero-order chi connectivity index (χ0) is 18.7. The largest absolute Gasteiger partial charge is 0.493 e. The molecule has 0 spiro atoms. The summed E-state index contributed by atoms with van der Waals surface area (Å²) in [5.74, 6) is 1.69. The molecular formula is C20H23NO4S. The molecule has 1 aromatic carbocycles. The molecule has 0 radical (unpaired) electrons. The number of rotatable bonds is 6. The molecule has 3 rings (SSSR count). The molecule has 0 saturated carbocycles. The molecule has 1 amide bonds. The van der Waals surface area contributed by atoms with Gasteiger partial charge in [0.2, 0.25) is 5.91 Å². The highest BCUT2D eigenvalue weighted by Crippen LogP contribution is 2.38. The number of fused-ring (bicyclic) bond motifs is 1. The van der Waals surface area contributed by atoms with Gasteiger partial charge in [0.25, 0.3) is 0 Å². The van der Waals surface area contributed by atoms with Crippen LogP contribution < -0.4 is 14.8 Å². The van der Waals surface area contributed by atoms with Crippen molar-refractivity contribution in [3.8, 4) is 11.5 Å². The average Bonchev–Trinajstić information content (AvgIpc) is 2.97. The minimum absolute atomic E-state index is 0.146. The van der Waals surface area contributed by atoms with Gasteiger partial charge in [-0.05, 0) is 48.4 Å². The number of thiophene rings is 1. The summed E-state index contributed by atoms with van der Waals surface area (Å²) >= 11 is 1.54. The summed E-state index contributed by atoms with van der Waals surface area (Å²) in [6, 6.07) is 5.41. The van der Waals surface area contributed by atoms with Gasteiger partial charge in [-0.25, -0.2) is 0 Å². The Hall–Kier alpha value is -2.34. The Balaban J connectivity index is 1.75. The minimum Gasteiger partial charge on any atom is -0.493 e. The predicted octanol–water partition coefficient (Wildman–Crippen LogP) is 3.88. The molecule has 0 fully saturated rings. The molecule has 2 aromatic rings. The van der Waals surface area contributed by atoms with Gasteiger partial charge in [-0.3, -0.25) is 9.59 Å². The number of hydrogen-bond acceptors (Lipinski definition) is 5. The van der Waals surface area contributed by atoms with Crippen molar-refractivity contribution in [2.24, 2.45) is 5.92 Å². The molecule has 138 valence electrons. The third-order valence-corrected chi connectivity index (χ3v) is 5.92. The summed E-state index contributed by atoms with van der Waals surface area (Å²) in [6.45, 7) is 2.22. The van der Waals surface area contributed by atoms with Crippen molar-refractivity contribution in [1.29, 1.82) is 0 Å². The number of methoxy groups -OCH3 is 2.